The van der Waals surface area contributed by atoms with E-state index in [0.717, 1.165) is 34.3 Å². The van der Waals surface area contributed by atoms with Crippen LogP contribution in [0.25, 0.3) is 10.9 Å². The molecule has 0 spiro atoms. The summed E-state index contributed by atoms with van der Waals surface area (Å²) in [5.74, 6) is 0. The van der Waals surface area contributed by atoms with Crippen LogP contribution in [-0.2, 0) is 12.7 Å². The smallest absolute Gasteiger partial charge is 0.381 e. The SMILES string of the molecule is FC(F)(F)c1ccc(CNc2ccc3[nH]ncc3c2)cc1. The minimum atomic E-state index is -4.29. The summed E-state index contributed by atoms with van der Waals surface area (Å²) in [6.45, 7) is 0.460. The van der Waals surface area contributed by atoms with Gasteiger partial charge in [-0.15, -0.1) is 0 Å². The minimum absolute atomic E-state index is 0.460. The number of aromatic amines is 1. The predicted octanol–water partition coefficient (Wildman–Crippen LogP) is 4.19. The van der Waals surface area contributed by atoms with E-state index in [2.05, 4.69) is 15.5 Å². The second-order valence-electron chi connectivity index (χ2n) is 4.72. The maximum atomic E-state index is 12.5. The van der Waals surface area contributed by atoms with Crippen LogP contribution in [0, 0.1) is 0 Å². The van der Waals surface area contributed by atoms with Crippen molar-refractivity contribution < 1.29 is 13.2 Å². The van der Waals surface area contributed by atoms with Crippen molar-refractivity contribution in [3.05, 3.63) is 59.8 Å². The highest BCUT2D eigenvalue weighted by molar-refractivity contribution is 5.81. The molecular formula is C15H12F3N3. The van der Waals surface area contributed by atoms with Crippen LogP contribution in [0.15, 0.2) is 48.7 Å². The Kier molecular flexibility index (Phi) is 3.29. The lowest BCUT2D eigenvalue weighted by molar-refractivity contribution is -0.137. The maximum absolute atomic E-state index is 12.5. The monoisotopic (exact) mass is 291 g/mol. The molecule has 0 saturated heterocycles. The first-order valence-electron chi connectivity index (χ1n) is 6.35. The quantitative estimate of drug-likeness (QED) is 0.759. The largest absolute Gasteiger partial charge is 0.416 e. The van der Waals surface area contributed by atoms with Gasteiger partial charge in [0.15, 0.2) is 0 Å². The van der Waals surface area contributed by atoms with Crippen LogP contribution >= 0.6 is 0 Å². The Hall–Kier alpha value is -2.50. The molecule has 1 heterocycles. The van der Waals surface area contributed by atoms with E-state index < -0.39 is 11.7 Å². The predicted molar refractivity (Wildman–Crippen MR) is 74.9 cm³/mol. The molecule has 0 amide bonds. The fourth-order valence-corrected chi connectivity index (χ4v) is 2.07. The van der Waals surface area contributed by atoms with Gasteiger partial charge < -0.3 is 5.32 Å². The number of alkyl halides is 3. The molecule has 0 aliphatic rings. The number of aromatic nitrogens is 2. The number of anilines is 1. The summed E-state index contributed by atoms with van der Waals surface area (Å²) < 4.78 is 37.4. The number of nitrogens with one attached hydrogen (secondary N) is 2. The first-order valence-corrected chi connectivity index (χ1v) is 6.35. The summed E-state index contributed by atoms with van der Waals surface area (Å²) in [4.78, 5) is 0. The van der Waals surface area contributed by atoms with Crippen LogP contribution in [0.2, 0.25) is 0 Å². The van der Waals surface area contributed by atoms with Gasteiger partial charge in [-0.2, -0.15) is 18.3 Å². The maximum Gasteiger partial charge on any atom is 0.416 e. The van der Waals surface area contributed by atoms with Crippen LogP contribution < -0.4 is 5.32 Å². The van der Waals surface area contributed by atoms with E-state index in [0.29, 0.717) is 6.54 Å². The van der Waals surface area contributed by atoms with E-state index in [9.17, 15) is 13.2 Å². The second kappa shape index (κ2) is 5.12. The molecule has 0 radical (unpaired) electrons. The molecule has 3 rings (SSSR count). The Morgan fingerprint density at radius 3 is 2.52 bits per heavy atom. The van der Waals surface area contributed by atoms with Gasteiger partial charge in [-0.1, -0.05) is 12.1 Å². The molecule has 2 N–H and O–H groups in total. The average molecular weight is 291 g/mol. The van der Waals surface area contributed by atoms with Crippen LogP contribution in [-0.4, -0.2) is 10.2 Å². The van der Waals surface area contributed by atoms with Gasteiger partial charge in [0.05, 0.1) is 17.3 Å². The zero-order valence-electron chi connectivity index (χ0n) is 10.9. The third-order valence-corrected chi connectivity index (χ3v) is 3.22. The highest BCUT2D eigenvalue weighted by atomic mass is 19.4. The van der Waals surface area contributed by atoms with Crippen LogP contribution in [0.1, 0.15) is 11.1 Å². The molecule has 1 aromatic heterocycles. The van der Waals surface area contributed by atoms with Gasteiger partial charge in [-0.3, -0.25) is 5.10 Å². The lowest BCUT2D eigenvalue weighted by atomic mass is 10.1. The number of hydrogen-bond acceptors (Lipinski definition) is 2. The Morgan fingerprint density at radius 1 is 1.05 bits per heavy atom. The van der Waals surface area contributed by atoms with Crippen molar-refractivity contribution in [3.8, 4) is 0 Å². The van der Waals surface area contributed by atoms with Gasteiger partial charge >= 0.3 is 6.18 Å². The molecule has 3 nitrogen and oxygen atoms in total. The van der Waals surface area contributed by atoms with Gasteiger partial charge in [0.25, 0.3) is 0 Å². The first kappa shape index (κ1) is 13.5. The van der Waals surface area contributed by atoms with E-state index in [1.54, 1.807) is 6.20 Å². The molecule has 0 aliphatic carbocycles. The molecule has 0 aliphatic heterocycles. The summed E-state index contributed by atoms with van der Waals surface area (Å²) >= 11 is 0. The van der Waals surface area contributed by atoms with Crippen molar-refractivity contribution in [2.24, 2.45) is 0 Å². The van der Waals surface area contributed by atoms with Crippen molar-refractivity contribution in [2.45, 2.75) is 12.7 Å². The topological polar surface area (TPSA) is 40.7 Å². The van der Waals surface area contributed by atoms with Crippen LogP contribution in [0.4, 0.5) is 18.9 Å². The van der Waals surface area contributed by atoms with E-state index in [-0.39, 0.29) is 0 Å². The highest BCUT2D eigenvalue weighted by Crippen LogP contribution is 2.29. The molecule has 0 unspecified atom stereocenters. The van der Waals surface area contributed by atoms with Gasteiger partial charge in [-0.05, 0) is 35.9 Å². The third kappa shape index (κ3) is 2.99. The Labute approximate surface area is 118 Å². The van der Waals surface area contributed by atoms with Gasteiger partial charge in [0.1, 0.15) is 0 Å². The lowest BCUT2D eigenvalue weighted by Gasteiger charge is -2.09. The Bertz CT molecular complexity index is 745. The number of halogens is 3. The number of fused-ring (bicyclic) bond motifs is 1. The number of benzene rings is 2. The fraction of sp³-hybridized carbons (Fsp3) is 0.133. The second-order valence-corrected chi connectivity index (χ2v) is 4.72. The van der Waals surface area contributed by atoms with Gasteiger partial charge in [-0.25, -0.2) is 0 Å². The fourth-order valence-electron chi connectivity index (χ4n) is 2.07. The molecule has 2 aromatic carbocycles. The van der Waals surface area contributed by atoms with Gasteiger partial charge in [0.2, 0.25) is 0 Å². The van der Waals surface area contributed by atoms with Crippen molar-refractivity contribution in [1.82, 2.24) is 10.2 Å². The molecular weight excluding hydrogens is 279 g/mol. The van der Waals surface area contributed by atoms with Crippen LogP contribution in [0.3, 0.4) is 0 Å². The third-order valence-electron chi connectivity index (χ3n) is 3.22. The number of nitrogens with zero attached hydrogens (tertiary/aromatic N) is 1. The lowest BCUT2D eigenvalue weighted by Crippen LogP contribution is -2.05. The van der Waals surface area contributed by atoms with Crippen molar-refractivity contribution >= 4 is 16.6 Å². The number of H-pyrrole nitrogens is 1. The standard InChI is InChI=1S/C15H12F3N3/c16-15(17,18)12-3-1-10(2-4-12)8-19-13-5-6-14-11(7-13)9-20-21-14/h1-7,9,19H,8H2,(H,20,21). The van der Waals surface area contributed by atoms with E-state index in [1.807, 2.05) is 18.2 Å². The van der Waals surface area contributed by atoms with Crippen LogP contribution in [0.5, 0.6) is 0 Å². The van der Waals surface area contributed by atoms with Crippen molar-refractivity contribution in [3.63, 3.8) is 0 Å². The number of hydrogen-bond donors (Lipinski definition) is 2. The molecule has 0 fully saturated rings. The summed E-state index contributed by atoms with van der Waals surface area (Å²) in [7, 11) is 0. The zero-order chi connectivity index (χ0) is 14.9. The van der Waals surface area contributed by atoms with E-state index in [1.165, 1.54) is 12.1 Å². The molecule has 0 atom stereocenters. The Morgan fingerprint density at radius 2 is 1.81 bits per heavy atom. The Balaban J connectivity index is 1.69. The number of rotatable bonds is 3. The summed E-state index contributed by atoms with van der Waals surface area (Å²) in [5.41, 5.74) is 1.99. The van der Waals surface area contributed by atoms with Crippen molar-refractivity contribution in [1.29, 1.82) is 0 Å². The van der Waals surface area contributed by atoms with E-state index in [4.69, 9.17) is 0 Å². The molecule has 108 valence electrons. The summed E-state index contributed by atoms with van der Waals surface area (Å²) in [5, 5.41) is 10.9. The normalized spacial score (nSPS) is 11.8. The zero-order valence-corrected chi connectivity index (χ0v) is 10.9. The average Bonchev–Trinajstić information content (AvgIpc) is 2.92. The first-order chi connectivity index (χ1) is 10.0. The minimum Gasteiger partial charge on any atom is -0.381 e. The van der Waals surface area contributed by atoms with E-state index >= 15 is 0 Å². The summed E-state index contributed by atoms with van der Waals surface area (Å²) in [6, 6.07) is 10.9. The molecule has 0 bridgehead atoms. The summed E-state index contributed by atoms with van der Waals surface area (Å²) in [6.07, 6.45) is -2.57. The molecule has 0 saturated carbocycles. The molecule has 6 heteroatoms. The molecule has 3 aromatic rings. The van der Waals surface area contributed by atoms with Gasteiger partial charge in [0, 0.05) is 17.6 Å². The molecule has 21 heavy (non-hydrogen) atoms. The highest BCUT2D eigenvalue weighted by Gasteiger charge is 2.29. The van der Waals surface area contributed by atoms with Crippen molar-refractivity contribution in [2.75, 3.05) is 5.32 Å².